The maximum atomic E-state index is 14.2. The van der Waals surface area contributed by atoms with E-state index in [1.807, 2.05) is 25.1 Å². The number of amides is 1. The molecule has 246 valence electrons. The lowest BCUT2D eigenvalue weighted by Crippen LogP contribution is -2.41. The van der Waals surface area contributed by atoms with Crippen LogP contribution in [0, 0.1) is 17.3 Å². The van der Waals surface area contributed by atoms with Gasteiger partial charge < -0.3 is 14.4 Å². The number of benzene rings is 2. The summed E-state index contributed by atoms with van der Waals surface area (Å²) in [6, 6.07) is 16.3. The van der Waals surface area contributed by atoms with Crippen molar-refractivity contribution in [2.24, 2.45) is 17.3 Å². The first-order chi connectivity index (χ1) is 22.1. The van der Waals surface area contributed by atoms with E-state index in [0.717, 1.165) is 62.2 Å². The van der Waals surface area contributed by atoms with Crippen molar-refractivity contribution in [1.82, 2.24) is 9.97 Å². The molecule has 1 unspecified atom stereocenters. The smallest absolute Gasteiger partial charge is 0.306 e. The number of piperidine rings is 1. The van der Waals surface area contributed by atoms with Gasteiger partial charge in [-0.15, -0.1) is 0 Å². The number of hydrogen-bond donors (Lipinski definition) is 0. The molecule has 1 aromatic heterocycles. The lowest BCUT2D eigenvalue weighted by molar-refractivity contribution is -0.143. The van der Waals surface area contributed by atoms with E-state index in [1.54, 1.807) is 23.4 Å². The van der Waals surface area contributed by atoms with Crippen LogP contribution in [0.1, 0.15) is 94.1 Å². The summed E-state index contributed by atoms with van der Waals surface area (Å²) in [5, 5.41) is 0. The molecule has 1 saturated carbocycles. The van der Waals surface area contributed by atoms with Gasteiger partial charge in [0, 0.05) is 37.7 Å². The normalized spacial score (nSPS) is 16.2. The van der Waals surface area contributed by atoms with E-state index in [0.29, 0.717) is 49.5 Å². The predicted octanol–water partition coefficient (Wildman–Crippen LogP) is 7.47. The minimum Gasteiger partial charge on any atom is -0.493 e. The molecule has 1 amide bonds. The Morgan fingerprint density at radius 2 is 1.72 bits per heavy atom. The number of anilines is 2. The second kappa shape index (κ2) is 15.1. The average molecular weight is 627 g/mol. The highest BCUT2D eigenvalue weighted by atomic mass is 16.5. The molecule has 8 nitrogen and oxygen atoms in total. The number of nitrogens with zero attached hydrogens (tertiary/aromatic N) is 4. The molecule has 0 bridgehead atoms. The maximum Gasteiger partial charge on any atom is 0.306 e. The largest absolute Gasteiger partial charge is 0.493 e. The monoisotopic (exact) mass is 626 g/mol. The van der Waals surface area contributed by atoms with Gasteiger partial charge in [-0.3, -0.25) is 14.5 Å². The third-order valence-corrected chi connectivity index (χ3v) is 8.98. The fourth-order valence-electron chi connectivity index (χ4n) is 6.37. The van der Waals surface area contributed by atoms with Gasteiger partial charge in [-0.1, -0.05) is 45.9 Å². The van der Waals surface area contributed by atoms with Crippen LogP contribution in [-0.4, -0.2) is 54.7 Å². The summed E-state index contributed by atoms with van der Waals surface area (Å²) >= 11 is 0. The van der Waals surface area contributed by atoms with Crippen LogP contribution in [0.25, 0.3) is 0 Å². The summed E-state index contributed by atoms with van der Waals surface area (Å²) in [4.78, 5) is 39.4. The number of aromatic nitrogens is 2. The fourth-order valence-corrected chi connectivity index (χ4v) is 6.37. The summed E-state index contributed by atoms with van der Waals surface area (Å²) in [7, 11) is 0. The molecule has 3 aromatic rings. The number of rotatable bonds is 13. The fraction of sp³-hybridized carbons (Fsp3) is 0.526. The van der Waals surface area contributed by atoms with Crippen LogP contribution in [0.3, 0.4) is 0 Å². The topological polar surface area (TPSA) is 84.9 Å². The molecule has 5 rings (SSSR count). The summed E-state index contributed by atoms with van der Waals surface area (Å²) in [5.41, 5.74) is 3.92. The summed E-state index contributed by atoms with van der Waals surface area (Å²) in [6.45, 7) is 13.6. The second-order valence-electron chi connectivity index (χ2n) is 14.0. The molecule has 8 heteroatoms. The SMILES string of the molecule is CCOC(=O)CC(c1cccc(OCC2CCN(c3cc(CC)ccc3C(=O)N(CC(C)(C)C)c3ncccn3)CC2)c1)C1CC1. The molecule has 2 heterocycles. The number of hydrogen-bond acceptors (Lipinski definition) is 7. The standard InChI is InChI=1S/C38H50N4O4/c1-6-27-12-15-32(36(44)42(26-38(3,4)5)37-39-18-9-19-40-37)34(22-27)41-20-16-28(17-21-41)25-46-31-11-8-10-30(23-31)33(29-13-14-29)24-35(43)45-7-2/h8-12,15,18-19,22-23,28-29,33H,6-7,13-14,16-17,20-21,24-26H2,1-5H3. The minimum absolute atomic E-state index is 0.0726. The van der Waals surface area contributed by atoms with E-state index in [2.05, 4.69) is 66.8 Å². The van der Waals surface area contributed by atoms with E-state index in [1.165, 1.54) is 5.56 Å². The lowest BCUT2D eigenvalue weighted by atomic mass is 9.91. The van der Waals surface area contributed by atoms with Gasteiger partial charge >= 0.3 is 5.97 Å². The summed E-state index contributed by atoms with van der Waals surface area (Å²) < 4.78 is 11.6. The van der Waals surface area contributed by atoms with Crippen molar-refractivity contribution in [2.75, 3.05) is 42.6 Å². The molecule has 2 fully saturated rings. The molecule has 2 aromatic carbocycles. The van der Waals surface area contributed by atoms with Crippen LogP contribution in [0.15, 0.2) is 60.9 Å². The van der Waals surface area contributed by atoms with Crippen molar-refractivity contribution < 1.29 is 19.1 Å². The van der Waals surface area contributed by atoms with Crippen molar-refractivity contribution in [3.8, 4) is 5.75 Å². The molecule has 0 N–H and O–H groups in total. The van der Waals surface area contributed by atoms with E-state index in [4.69, 9.17) is 9.47 Å². The Bertz CT molecular complexity index is 1460. The van der Waals surface area contributed by atoms with Crippen LogP contribution in [-0.2, 0) is 16.0 Å². The number of aryl methyl sites for hydroxylation is 1. The van der Waals surface area contributed by atoms with Gasteiger partial charge in [-0.05, 0) is 104 Å². The van der Waals surface area contributed by atoms with Gasteiger partial charge in [0.25, 0.3) is 5.91 Å². The van der Waals surface area contributed by atoms with Crippen molar-refractivity contribution in [3.05, 3.63) is 77.6 Å². The van der Waals surface area contributed by atoms with E-state index in [9.17, 15) is 9.59 Å². The van der Waals surface area contributed by atoms with Gasteiger partial charge in [0.1, 0.15) is 5.75 Å². The maximum absolute atomic E-state index is 14.2. The molecular weight excluding hydrogens is 576 g/mol. The van der Waals surface area contributed by atoms with Crippen molar-refractivity contribution >= 4 is 23.5 Å². The van der Waals surface area contributed by atoms with Gasteiger partial charge in [0.2, 0.25) is 5.95 Å². The average Bonchev–Trinajstić information content (AvgIpc) is 3.91. The quantitative estimate of drug-likeness (QED) is 0.182. The number of carbonyl (C=O) groups is 2. The number of carbonyl (C=O) groups excluding carboxylic acids is 2. The Morgan fingerprint density at radius 3 is 2.37 bits per heavy atom. The molecule has 1 saturated heterocycles. The first-order valence-electron chi connectivity index (χ1n) is 17.0. The Labute approximate surface area is 274 Å². The van der Waals surface area contributed by atoms with Crippen molar-refractivity contribution in [3.63, 3.8) is 0 Å². The van der Waals surface area contributed by atoms with E-state index >= 15 is 0 Å². The molecular formula is C38H50N4O4. The van der Waals surface area contributed by atoms with Crippen LogP contribution in [0.2, 0.25) is 0 Å². The summed E-state index contributed by atoms with van der Waals surface area (Å²) in [5.74, 6) is 2.25. The summed E-state index contributed by atoms with van der Waals surface area (Å²) in [6.07, 6.45) is 8.98. The Balaban J connectivity index is 1.25. The molecule has 0 spiro atoms. The third-order valence-electron chi connectivity index (χ3n) is 8.98. The van der Waals surface area contributed by atoms with Crippen molar-refractivity contribution in [2.45, 2.75) is 79.1 Å². The highest BCUT2D eigenvalue weighted by Crippen LogP contribution is 2.45. The zero-order chi connectivity index (χ0) is 32.7. The first kappa shape index (κ1) is 33.4. The second-order valence-corrected chi connectivity index (χ2v) is 14.0. The minimum atomic E-state index is -0.129. The Hall–Kier alpha value is -3.94. The van der Waals surface area contributed by atoms with Crippen LogP contribution in [0.5, 0.6) is 5.75 Å². The Morgan fingerprint density at radius 1 is 0.978 bits per heavy atom. The highest BCUT2D eigenvalue weighted by Gasteiger charge is 2.34. The molecule has 1 aliphatic heterocycles. The Kier molecular flexibility index (Phi) is 11.0. The van der Waals surface area contributed by atoms with Gasteiger partial charge in [-0.2, -0.15) is 0 Å². The highest BCUT2D eigenvalue weighted by molar-refractivity contribution is 6.09. The van der Waals surface area contributed by atoms with E-state index < -0.39 is 0 Å². The van der Waals surface area contributed by atoms with Gasteiger partial charge in [-0.25, -0.2) is 9.97 Å². The molecule has 1 atom stereocenters. The third kappa shape index (κ3) is 8.86. The first-order valence-corrected chi connectivity index (χ1v) is 17.0. The lowest BCUT2D eigenvalue weighted by Gasteiger charge is -2.36. The molecule has 1 aliphatic carbocycles. The van der Waals surface area contributed by atoms with E-state index in [-0.39, 0.29) is 23.2 Å². The van der Waals surface area contributed by atoms with Crippen LogP contribution in [0.4, 0.5) is 11.6 Å². The number of ether oxygens (including phenoxy) is 2. The van der Waals surface area contributed by atoms with Gasteiger partial charge in [0.15, 0.2) is 0 Å². The molecule has 0 radical (unpaired) electrons. The van der Waals surface area contributed by atoms with Crippen LogP contribution < -0.4 is 14.5 Å². The number of esters is 1. The molecule has 2 aliphatic rings. The zero-order valence-corrected chi connectivity index (χ0v) is 28.2. The molecule has 46 heavy (non-hydrogen) atoms. The zero-order valence-electron chi connectivity index (χ0n) is 28.2. The van der Waals surface area contributed by atoms with Crippen molar-refractivity contribution in [1.29, 1.82) is 0 Å². The van der Waals surface area contributed by atoms with Crippen LogP contribution >= 0.6 is 0 Å². The predicted molar refractivity (Wildman–Crippen MR) is 183 cm³/mol. The van der Waals surface area contributed by atoms with Gasteiger partial charge in [0.05, 0.1) is 25.2 Å².